The molecule has 0 saturated carbocycles. The molecule has 0 amide bonds. The molecule has 0 radical (unpaired) electrons. The van der Waals surface area contributed by atoms with E-state index < -0.39 is 0 Å². The lowest BCUT2D eigenvalue weighted by molar-refractivity contribution is -0.264. The molecule has 1 aromatic rings. The van der Waals surface area contributed by atoms with E-state index in [9.17, 15) is 0 Å². The molecular weight excluding hydrogens is 308 g/mol. The molecule has 0 unspecified atom stereocenters. The Hall–Kier alpha value is -0.420. The van der Waals surface area contributed by atoms with Gasteiger partial charge in [0.2, 0.25) is 0 Å². The highest BCUT2D eigenvalue weighted by molar-refractivity contribution is 9.10. The predicted octanol–water partition coefficient (Wildman–Crippen LogP) is 3.90. The summed E-state index contributed by atoms with van der Waals surface area (Å²) >= 11 is 3.53. The van der Waals surface area contributed by atoms with Gasteiger partial charge in [0.25, 0.3) is 0 Å². The molecule has 1 aliphatic rings. The molecule has 0 atom stereocenters. The zero-order valence-electron chi connectivity index (χ0n) is 11.5. The highest BCUT2D eigenvalue weighted by Gasteiger charge is 2.33. The number of hydrogen-bond acceptors (Lipinski definition) is 3. The van der Waals surface area contributed by atoms with Gasteiger partial charge in [-0.3, -0.25) is 0 Å². The van der Waals surface area contributed by atoms with Crippen LogP contribution in [0.15, 0.2) is 28.7 Å². The van der Waals surface area contributed by atoms with E-state index in [0.29, 0.717) is 19.8 Å². The minimum Gasteiger partial charge on any atom is -0.366 e. The van der Waals surface area contributed by atoms with Gasteiger partial charge in [-0.05, 0) is 25.0 Å². The van der Waals surface area contributed by atoms with E-state index >= 15 is 0 Å². The predicted molar refractivity (Wildman–Crippen MR) is 77.9 cm³/mol. The first kappa shape index (κ1) is 15.0. The number of ether oxygens (including phenoxy) is 3. The Bertz CT molecular complexity index is 400. The third-order valence-electron chi connectivity index (χ3n) is 3.21. The Labute approximate surface area is 123 Å². The Morgan fingerprint density at radius 3 is 2.63 bits per heavy atom. The molecule has 1 aromatic carbocycles. The molecule has 19 heavy (non-hydrogen) atoms. The van der Waals surface area contributed by atoms with Crippen LogP contribution in [0.5, 0.6) is 0 Å². The van der Waals surface area contributed by atoms with Crippen LogP contribution < -0.4 is 0 Å². The van der Waals surface area contributed by atoms with Gasteiger partial charge in [0, 0.05) is 4.47 Å². The third-order valence-corrected chi connectivity index (χ3v) is 3.98. The van der Waals surface area contributed by atoms with E-state index in [1.807, 2.05) is 25.1 Å². The number of hydrogen-bond donors (Lipinski definition) is 0. The molecule has 1 saturated heterocycles. The van der Waals surface area contributed by atoms with Crippen LogP contribution in [-0.2, 0) is 20.8 Å². The molecule has 3 nitrogen and oxygen atoms in total. The molecule has 1 fully saturated rings. The van der Waals surface area contributed by atoms with Crippen molar-refractivity contribution in [3.63, 3.8) is 0 Å². The van der Waals surface area contributed by atoms with Gasteiger partial charge in [0.1, 0.15) is 5.60 Å². The molecule has 0 spiro atoms. The maximum absolute atomic E-state index is 5.98. The van der Waals surface area contributed by atoms with Crippen LogP contribution in [0.25, 0.3) is 0 Å². The number of benzene rings is 1. The first-order valence-electron chi connectivity index (χ1n) is 6.73. The van der Waals surface area contributed by atoms with Crippen LogP contribution in [0.2, 0.25) is 0 Å². The SMILES string of the molecule is CCC[C@H]1OC[C@@](C)(OCc2ccccc2Br)CO1. The van der Waals surface area contributed by atoms with Gasteiger partial charge in [0.15, 0.2) is 6.29 Å². The highest BCUT2D eigenvalue weighted by Crippen LogP contribution is 2.24. The van der Waals surface area contributed by atoms with Crippen molar-refractivity contribution in [1.82, 2.24) is 0 Å². The van der Waals surface area contributed by atoms with E-state index in [0.717, 1.165) is 22.9 Å². The Kier molecular flexibility index (Phi) is 5.39. The van der Waals surface area contributed by atoms with Gasteiger partial charge in [-0.25, -0.2) is 0 Å². The lowest BCUT2D eigenvalue weighted by Gasteiger charge is -2.37. The monoisotopic (exact) mass is 328 g/mol. The number of halogens is 1. The zero-order valence-corrected chi connectivity index (χ0v) is 13.1. The normalized spacial score (nSPS) is 27.4. The van der Waals surface area contributed by atoms with E-state index in [2.05, 4.69) is 28.9 Å². The summed E-state index contributed by atoms with van der Waals surface area (Å²) in [4.78, 5) is 0. The first-order valence-corrected chi connectivity index (χ1v) is 7.53. The van der Waals surface area contributed by atoms with Crippen molar-refractivity contribution in [2.24, 2.45) is 0 Å². The van der Waals surface area contributed by atoms with Gasteiger partial charge in [-0.2, -0.15) is 0 Å². The molecule has 106 valence electrons. The van der Waals surface area contributed by atoms with Gasteiger partial charge in [-0.15, -0.1) is 0 Å². The lowest BCUT2D eigenvalue weighted by atomic mass is 10.1. The summed E-state index contributed by atoms with van der Waals surface area (Å²) in [5.41, 5.74) is 0.777. The minimum absolute atomic E-state index is 0.0647. The van der Waals surface area contributed by atoms with Crippen molar-refractivity contribution in [1.29, 1.82) is 0 Å². The summed E-state index contributed by atoms with van der Waals surface area (Å²) < 4.78 is 18.4. The Morgan fingerprint density at radius 2 is 2.00 bits per heavy atom. The second-order valence-electron chi connectivity index (χ2n) is 5.17. The maximum atomic E-state index is 5.98. The van der Waals surface area contributed by atoms with Crippen LogP contribution in [0, 0.1) is 0 Å². The van der Waals surface area contributed by atoms with Crippen LogP contribution in [0.4, 0.5) is 0 Å². The zero-order chi connectivity index (χ0) is 13.7. The first-order chi connectivity index (χ1) is 9.13. The summed E-state index contributed by atoms with van der Waals surface area (Å²) in [6.45, 7) is 5.89. The van der Waals surface area contributed by atoms with E-state index in [1.165, 1.54) is 0 Å². The van der Waals surface area contributed by atoms with Crippen molar-refractivity contribution < 1.29 is 14.2 Å². The minimum atomic E-state index is -0.362. The average Bonchev–Trinajstić information content (AvgIpc) is 2.41. The summed E-state index contributed by atoms with van der Waals surface area (Å²) in [6.07, 6.45) is 1.95. The van der Waals surface area contributed by atoms with Crippen molar-refractivity contribution in [2.45, 2.75) is 45.2 Å². The van der Waals surface area contributed by atoms with Crippen molar-refractivity contribution in [3.8, 4) is 0 Å². The average molecular weight is 329 g/mol. The van der Waals surface area contributed by atoms with E-state index in [4.69, 9.17) is 14.2 Å². The summed E-state index contributed by atoms with van der Waals surface area (Å²) in [5.74, 6) is 0. The van der Waals surface area contributed by atoms with Crippen molar-refractivity contribution >= 4 is 15.9 Å². The van der Waals surface area contributed by atoms with Gasteiger partial charge in [0.05, 0.1) is 19.8 Å². The fraction of sp³-hybridized carbons (Fsp3) is 0.600. The maximum Gasteiger partial charge on any atom is 0.157 e. The van der Waals surface area contributed by atoms with Crippen LogP contribution >= 0.6 is 15.9 Å². The molecule has 0 aliphatic carbocycles. The Balaban J connectivity index is 1.84. The molecule has 1 heterocycles. The topological polar surface area (TPSA) is 27.7 Å². The van der Waals surface area contributed by atoms with Gasteiger partial charge >= 0.3 is 0 Å². The second kappa shape index (κ2) is 6.84. The van der Waals surface area contributed by atoms with Gasteiger partial charge in [-0.1, -0.05) is 47.5 Å². The fourth-order valence-electron chi connectivity index (χ4n) is 1.98. The summed E-state index contributed by atoms with van der Waals surface area (Å²) in [5, 5.41) is 0. The number of rotatable bonds is 5. The van der Waals surface area contributed by atoms with E-state index in [1.54, 1.807) is 0 Å². The second-order valence-corrected chi connectivity index (χ2v) is 6.02. The molecule has 1 aliphatic heterocycles. The van der Waals surface area contributed by atoms with Crippen LogP contribution in [-0.4, -0.2) is 25.1 Å². The molecule has 0 bridgehead atoms. The van der Waals surface area contributed by atoms with Crippen LogP contribution in [0.3, 0.4) is 0 Å². The standard InChI is InChI=1S/C15H21BrO3/c1-3-6-14-17-10-15(2,11-18-14)19-9-12-7-4-5-8-13(12)16/h4-5,7-8,14H,3,6,9-11H2,1-2H3/t14-,15+. The fourth-order valence-corrected chi connectivity index (χ4v) is 2.38. The third kappa shape index (κ3) is 4.28. The molecule has 0 aromatic heterocycles. The van der Waals surface area contributed by atoms with Crippen molar-refractivity contribution in [2.75, 3.05) is 13.2 Å². The summed E-state index contributed by atoms with van der Waals surface area (Å²) in [6, 6.07) is 8.08. The summed E-state index contributed by atoms with van der Waals surface area (Å²) in [7, 11) is 0. The van der Waals surface area contributed by atoms with E-state index in [-0.39, 0.29) is 11.9 Å². The molecule has 2 rings (SSSR count). The quantitative estimate of drug-likeness (QED) is 0.820. The molecular formula is C15H21BrO3. The highest BCUT2D eigenvalue weighted by atomic mass is 79.9. The lowest BCUT2D eigenvalue weighted by Crippen LogP contribution is -2.47. The Morgan fingerprint density at radius 1 is 1.32 bits per heavy atom. The van der Waals surface area contributed by atoms with Crippen LogP contribution in [0.1, 0.15) is 32.3 Å². The van der Waals surface area contributed by atoms with Gasteiger partial charge < -0.3 is 14.2 Å². The largest absolute Gasteiger partial charge is 0.366 e. The molecule has 4 heteroatoms. The smallest absolute Gasteiger partial charge is 0.157 e. The van der Waals surface area contributed by atoms with Crippen molar-refractivity contribution in [3.05, 3.63) is 34.3 Å². The molecule has 0 N–H and O–H groups in total.